The van der Waals surface area contributed by atoms with Gasteiger partial charge >= 0.3 is 0 Å². The Labute approximate surface area is 50.1 Å². The van der Waals surface area contributed by atoms with Crippen LogP contribution in [-0.2, 0) is 0 Å². The number of dihydropyridines is 1. The molecule has 1 heteroatoms. The lowest BCUT2D eigenvalue weighted by molar-refractivity contribution is 0.547. The normalized spacial score (nSPS) is 22.8. The maximum absolute atomic E-state index is 3.19. The van der Waals surface area contributed by atoms with Crippen LogP contribution in [0.1, 0.15) is 13.8 Å². The molecule has 1 aliphatic rings. The van der Waals surface area contributed by atoms with Crippen molar-refractivity contribution < 1.29 is 0 Å². The van der Waals surface area contributed by atoms with E-state index in [0.717, 1.165) is 0 Å². The van der Waals surface area contributed by atoms with Crippen molar-refractivity contribution in [1.82, 2.24) is 5.32 Å². The molecule has 0 aliphatic carbocycles. The topological polar surface area (TPSA) is 12.0 Å². The van der Waals surface area contributed by atoms with Crippen LogP contribution in [0, 0.1) is 0 Å². The van der Waals surface area contributed by atoms with Gasteiger partial charge in [0.25, 0.3) is 0 Å². The smallest absolute Gasteiger partial charge is 0.0497 e. The molecule has 1 heterocycles. The highest BCUT2D eigenvalue weighted by atomic mass is 14.9. The summed E-state index contributed by atoms with van der Waals surface area (Å²) in [6.07, 6.45) is 8.13. The molecule has 0 saturated carbocycles. The fourth-order valence-electron chi connectivity index (χ4n) is 0.663. The van der Waals surface area contributed by atoms with Crippen molar-refractivity contribution in [2.75, 3.05) is 0 Å². The molecule has 1 aliphatic heterocycles. The van der Waals surface area contributed by atoms with Crippen molar-refractivity contribution >= 4 is 0 Å². The van der Waals surface area contributed by atoms with Gasteiger partial charge in [-0.3, -0.25) is 0 Å². The molecule has 8 heavy (non-hydrogen) atoms. The third kappa shape index (κ3) is 1.12. The molecule has 1 rings (SSSR count). The molecule has 0 spiro atoms. The minimum Gasteiger partial charge on any atom is -0.383 e. The lowest BCUT2D eigenvalue weighted by Crippen LogP contribution is -2.33. The number of nitrogens with one attached hydrogen (secondary N) is 1. The summed E-state index contributed by atoms with van der Waals surface area (Å²) in [6, 6.07) is 0. The fourth-order valence-corrected chi connectivity index (χ4v) is 0.663. The van der Waals surface area contributed by atoms with Gasteiger partial charge in [0.1, 0.15) is 0 Å². The zero-order valence-corrected chi connectivity index (χ0v) is 5.31. The van der Waals surface area contributed by atoms with Crippen LogP contribution < -0.4 is 5.32 Å². The van der Waals surface area contributed by atoms with Crippen LogP contribution >= 0.6 is 0 Å². The van der Waals surface area contributed by atoms with Gasteiger partial charge in [-0.15, -0.1) is 0 Å². The van der Waals surface area contributed by atoms with Crippen LogP contribution in [0.2, 0.25) is 0 Å². The fraction of sp³-hybridized carbons (Fsp3) is 0.429. The summed E-state index contributed by atoms with van der Waals surface area (Å²) < 4.78 is 0. The highest BCUT2D eigenvalue weighted by Crippen LogP contribution is 2.06. The molecule has 0 aromatic carbocycles. The van der Waals surface area contributed by atoms with Gasteiger partial charge in [-0.25, -0.2) is 0 Å². The minimum absolute atomic E-state index is 0.161. The van der Waals surface area contributed by atoms with Crippen molar-refractivity contribution in [1.29, 1.82) is 0 Å². The molecule has 0 atom stereocenters. The van der Waals surface area contributed by atoms with E-state index < -0.39 is 0 Å². The van der Waals surface area contributed by atoms with E-state index in [-0.39, 0.29) is 5.54 Å². The van der Waals surface area contributed by atoms with E-state index in [2.05, 4.69) is 31.3 Å². The van der Waals surface area contributed by atoms with Crippen LogP contribution in [0.15, 0.2) is 24.4 Å². The monoisotopic (exact) mass is 109 g/mol. The lowest BCUT2D eigenvalue weighted by Gasteiger charge is -2.22. The van der Waals surface area contributed by atoms with Crippen LogP contribution in [0.4, 0.5) is 0 Å². The Balaban J connectivity index is 2.65. The first-order chi connectivity index (χ1) is 3.71. The molecule has 0 unspecified atom stereocenters. The maximum atomic E-state index is 3.19. The average molecular weight is 109 g/mol. The maximum Gasteiger partial charge on any atom is 0.0497 e. The van der Waals surface area contributed by atoms with Crippen LogP contribution in [-0.4, -0.2) is 5.54 Å². The van der Waals surface area contributed by atoms with Crippen LogP contribution in [0.3, 0.4) is 0 Å². The first kappa shape index (κ1) is 5.42. The average Bonchev–Trinajstić information content (AvgIpc) is 1.65. The molecular formula is C7H11N. The van der Waals surface area contributed by atoms with E-state index >= 15 is 0 Å². The van der Waals surface area contributed by atoms with Crippen molar-refractivity contribution in [3.63, 3.8) is 0 Å². The van der Waals surface area contributed by atoms with Crippen molar-refractivity contribution in [2.24, 2.45) is 0 Å². The largest absolute Gasteiger partial charge is 0.383 e. The predicted octanol–water partition coefficient (Wildman–Crippen LogP) is 1.44. The summed E-state index contributed by atoms with van der Waals surface area (Å²) in [7, 11) is 0. The van der Waals surface area contributed by atoms with E-state index in [1.807, 2.05) is 12.3 Å². The molecule has 44 valence electrons. The first-order valence-electron chi connectivity index (χ1n) is 2.83. The van der Waals surface area contributed by atoms with Gasteiger partial charge in [0.2, 0.25) is 0 Å². The van der Waals surface area contributed by atoms with Gasteiger partial charge in [0, 0.05) is 5.54 Å². The summed E-state index contributed by atoms with van der Waals surface area (Å²) >= 11 is 0. The third-order valence-corrected chi connectivity index (χ3v) is 1.18. The molecule has 0 amide bonds. The van der Waals surface area contributed by atoms with Gasteiger partial charge in [-0.2, -0.15) is 0 Å². The van der Waals surface area contributed by atoms with Crippen LogP contribution in [0.25, 0.3) is 0 Å². The van der Waals surface area contributed by atoms with Gasteiger partial charge in [0.15, 0.2) is 0 Å². The summed E-state index contributed by atoms with van der Waals surface area (Å²) in [6.45, 7) is 4.26. The van der Waals surface area contributed by atoms with E-state index in [4.69, 9.17) is 0 Å². The minimum atomic E-state index is 0.161. The molecule has 1 nitrogen and oxygen atoms in total. The number of allylic oxidation sites excluding steroid dienone is 2. The van der Waals surface area contributed by atoms with Crippen LogP contribution in [0.5, 0.6) is 0 Å². The van der Waals surface area contributed by atoms with Gasteiger partial charge in [-0.05, 0) is 26.1 Å². The Morgan fingerprint density at radius 2 is 2.00 bits per heavy atom. The zero-order valence-electron chi connectivity index (χ0n) is 5.31. The van der Waals surface area contributed by atoms with E-state index in [1.54, 1.807) is 0 Å². The van der Waals surface area contributed by atoms with Crippen molar-refractivity contribution in [3.05, 3.63) is 24.4 Å². The third-order valence-electron chi connectivity index (χ3n) is 1.18. The zero-order chi connectivity index (χ0) is 6.04. The van der Waals surface area contributed by atoms with Crippen molar-refractivity contribution in [3.8, 4) is 0 Å². The number of rotatable bonds is 0. The summed E-state index contributed by atoms with van der Waals surface area (Å²) in [5.74, 6) is 0. The molecular weight excluding hydrogens is 98.1 g/mol. The Morgan fingerprint density at radius 3 is 2.25 bits per heavy atom. The second-order valence-electron chi connectivity index (χ2n) is 2.58. The van der Waals surface area contributed by atoms with Crippen molar-refractivity contribution in [2.45, 2.75) is 19.4 Å². The number of hydrogen-bond donors (Lipinski definition) is 1. The van der Waals surface area contributed by atoms with Gasteiger partial charge < -0.3 is 5.32 Å². The summed E-state index contributed by atoms with van der Waals surface area (Å²) in [5.41, 5.74) is 0.161. The predicted molar refractivity (Wildman–Crippen MR) is 35.5 cm³/mol. The molecule has 1 N–H and O–H groups in total. The molecule has 0 radical (unpaired) electrons. The Kier molecular flexibility index (Phi) is 1.12. The molecule has 0 saturated heterocycles. The van der Waals surface area contributed by atoms with E-state index in [0.29, 0.717) is 0 Å². The van der Waals surface area contributed by atoms with E-state index in [1.165, 1.54) is 0 Å². The standard InChI is InChI=1S/C7H11N/c1-7(2)5-3-4-6-8-7/h3-6,8H,1-2H3. The molecule has 0 bridgehead atoms. The molecule has 0 fully saturated rings. The molecule has 0 aromatic rings. The Morgan fingerprint density at radius 1 is 1.25 bits per heavy atom. The highest BCUT2D eigenvalue weighted by Gasteiger charge is 2.10. The quantitative estimate of drug-likeness (QED) is 0.496. The number of hydrogen-bond acceptors (Lipinski definition) is 1. The highest BCUT2D eigenvalue weighted by molar-refractivity contribution is 5.16. The first-order valence-corrected chi connectivity index (χ1v) is 2.83. The second kappa shape index (κ2) is 1.66. The van der Waals surface area contributed by atoms with Gasteiger partial charge in [-0.1, -0.05) is 12.2 Å². The Hall–Kier alpha value is -0.720. The summed E-state index contributed by atoms with van der Waals surface area (Å²) in [5, 5.41) is 3.19. The SMILES string of the molecule is CC1(C)C=CC=CN1. The molecule has 0 aromatic heterocycles. The van der Waals surface area contributed by atoms with E-state index in [9.17, 15) is 0 Å². The lowest BCUT2D eigenvalue weighted by atomic mass is 10.0. The van der Waals surface area contributed by atoms with Gasteiger partial charge in [0.05, 0.1) is 0 Å². The summed E-state index contributed by atoms with van der Waals surface area (Å²) in [4.78, 5) is 0. The Bertz CT molecular complexity index is 131. The second-order valence-corrected chi connectivity index (χ2v) is 2.58.